The first-order chi connectivity index (χ1) is 19.5. The number of hydrogen-bond acceptors (Lipinski definition) is 4. The van der Waals surface area contributed by atoms with Crippen molar-refractivity contribution in [1.82, 2.24) is 14.9 Å². The van der Waals surface area contributed by atoms with Crippen LogP contribution in [-0.4, -0.2) is 21.8 Å². The minimum absolute atomic E-state index is 0.110. The Morgan fingerprint density at radius 3 is 2.10 bits per heavy atom. The van der Waals surface area contributed by atoms with Crippen LogP contribution < -0.4 is 19.7 Å². The number of nitrogens with one attached hydrogen (secondary N) is 1. The van der Waals surface area contributed by atoms with E-state index < -0.39 is 0 Å². The van der Waals surface area contributed by atoms with E-state index in [4.69, 9.17) is 26.7 Å². The second kappa shape index (κ2) is 10.9. The lowest BCUT2D eigenvalue weighted by Gasteiger charge is -2.28. The zero-order chi connectivity index (χ0) is 27.6. The van der Waals surface area contributed by atoms with Crippen LogP contribution >= 0.6 is 12.2 Å². The molecule has 0 bridgehead atoms. The number of aryl methyl sites for hydroxylation is 1. The standard InChI is InChI=1S/C33H30N4O2S/c1-22-21-29(23(2)36(22)24-12-16-26(38-3)17-13-24)32-31(30-11-7-8-20-34-30)35-33(40)37(32)25-14-18-28(19-15-25)39-27-9-5-4-6-10-27/h4-21,31-32H,1-3H3,(H,35,40)/t31-,32+/m0/s1. The van der Waals surface area contributed by atoms with Crippen molar-refractivity contribution in [3.05, 3.63) is 132 Å². The smallest absolute Gasteiger partial charge is 0.174 e. The van der Waals surface area contributed by atoms with Crippen LogP contribution in [0.3, 0.4) is 0 Å². The lowest BCUT2D eigenvalue weighted by Crippen LogP contribution is -2.29. The Bertz CT molecular complexity index is 1620. The highest BCUT2D eigenvalue weighted by molar-refractivity contribution is 7.80. The number of nitrogens with zero attached hydrogens (tertiary/aromatic N) is 3. The Morgan fingerprint density at radius 1 is 0.775 bits per heavy atom. The quantitative estimate of drug-likeness (QED) is 0.214. The summed E-state index contributed by atoms with van der Waals surface area (Å²) in [7, 11) is 1.68. The van der Waals surface area contributed by atoms with Crippen LogP contribution in [0.4, 0.5) is 5.69 Å². The van der Waals surface area contributed by atoms with E-state index >= 15 is 0 Å². The van der Waals surface area contributed by atoms with Crippen molar-refractivity contribution in [3.63, 3.8) is 0 Å². The number of thiocarbonyl (C=S) groups is 1. The third-order valence-electron chi connectivity index (χ3n) is 7.31. The molecule has 0 amide bonds. The summed E-state index contributed by atoms with van der Waals surface area (Å²) < 4.78 is 13.7. The van der Waals surface area contributed by atoms with E-state index in [0.29, 0.717) is 5.11 Å². The molecule has 6 rings (SSSR count). The molecular formula is C33H30N4O2S. The first-order valence-corrected chi connectivity index (χ1v) is 13.6. The van der Waals surface area contributed by atoms with Gasteiger partial charge in [0, 0.05) is 29.0 Å². The van der Waals surface area contributed by atoms with E-state index in [-0.39, 0.29) is 12.1 Å². The van der Waals surface area contributed by atoms with Crippen LogP contribution in [0.15, 0.2) is 109 Å². The Hall–Kier alpha value is -4.62. The molecule has 200 valence electrons. The summed E-state index contributed by atoms with van der Waals surface area (Å²) in [4.78, 5) is 6.90. The highest BCUT2D eigenvalue weighted by Crippen LogP contribution is 2.44. The summed E-state index contributed by atoms with van der Waals surface area (Å²) in [5, 5.41) is 4.23. The maximum absolute atomic E-state index is 6.04. The van der Waals surface area contributed by atoms with Crippen molar-refractivity contribution in [1.29, 1.82) is 0 Å². The fourth-order valence-electron chi connectivity index (χ4n) is 5.46. The molecule has 1 aliphatic heterocycles. The van der Waals surface area contributed by atoms with Gasteiger partial charge in [-0.05, 0) is 110 Å². The highest BCUT2D eigenvalue weighted by atomic mass is 32.1. The van der Waals surface area contributed by atoms with E-state index in [1.54, 1.807) is 7.11 Å². The molecule has 3 aromatic carbocycles. The lowest BCUT2D eigenvalue weighted by molar-refractivity contribution is 0.414. The number of ether oxygens (including phenoxy) is 2. The molecule has 1 fully saturated rings. The molecule has 2 atom stereocenters. The van der Waals surface area contributed by atoms with Crippen LogP contribution in [0.25, 0.3) is 5.69 Å². The zero-order valence-electron chi connectivity index (χ0n) is 22.6. The predicted octanol–water partition coefficient (Wildman–Crippen LogP) is 7.47. The molecule has 1 N–H and O–H groups in total. The second-order valence-corrected chi connectivity index (χ2v) is 10.2. The van der Waals surface area contributed by atoms with Crippen molar-refractivity contribution in [2.45, 2.75) is 25.9 Å². The van der Waals surface area contributed by atoms with Crippen LogP contribution in [0.1, 0.15) is 34.7 Å². The molecule has 1 saturated heterocycles. The molecule has 0 spiro atoms. The number of benzene rings is 3. The summed E-state index contributed by atoms with van der Waals surface area (Å²) in [6.45, 7) is 4.30. The summed E-state index contributed by atoms with van der Waals surface area (Å²) in [5.41, 5.74) is 6.47. The van der Waals surface area contributed by atoms with E-state index in [0.717, 1.165) is 45.7 Å². The van der Waals surface area contributed by atoms with E-state index in [2.05, 4.69) is 65.0 Å². The lowest BCUT2D eigenvalue weighted by atomic mass is 9.96. The fraction of sp³-hybridized carbons (Fsp3) is 0.152. The molecule has 2 aromatic heterocycles. The molecule has 3 heterocycles. The van der Waals surface area contributed by atoms with E-state index in [1.165, 1.54) is 5.56 Å². The van der Waals surface area contributed by atoms with Crippen molar-refractivity contribution < 1.29 is 9.47 Å². The fourth-order valence-corrected chi connectivity index (χ4v) is 5.81. The summed E-state index contributed by atoms with van der Waals surface area (Å²) in [5.74, 6) is 2.40. The van der Waals surface area contributed by atoms with Gasteiger partial charge in [0.25, 0.3) is 0 Å². The van der Waals surface area contributed by atoms with Gasteiger partial charge in [-0.15, -0.1) is 0 Å². The van der Waals surface area contributed by atoms with Crippen molar-refractivity contribution >= 4 is 23.0 Å². The molecule has 0 aliphatic carbocycles. The van der Waals surface area contributed by atoms with Gasteiger partial charge >= 0.3 is 0 Å². The van der Waals surface area contributed by atoms with Gasteiger partial charge in [0.2, 0.25) is 0 Å². The number of pyridine rings is 1. The number of methoxy groups -OCH3 is 1. The predicted molar refractivity (Wildman–Crippen MR) is 163 cm³/mol. The topological polar surface area (TPSA) is 51.5 Å². The summed E-state index contributed by atoms with van der Waals surface area (Å²) >= 11 is 5.95. The highest BCUT2D eigenvalue weighted by Gasteiger charge is 2.42. The monoisotopic (exact) mass is 546 g/mol. The van der Waals surface area contributed by atoms with Crippen LogP contribution in [-0.2, 0) is 0 Å². The first-order valence-electron chi connectivity index (χ1n) is 13.2. The van der Waals surface area contributed by atoms with Gasteiger partial charge < -0.3 is 24.3 Å². The molecule has 0 saturated carbocycles. The van der Waals surface area contributed by atoms with Crippen molar-refractivity contribution in [2.75, 3.05) is 12.0 Å². The Kier molecular flexibility index (Phi) is 6.97. The van der Waals surface area contributed by atoms with E-state index in [1.807, 2.05) is 72.9 Å². The third kappa shape index (κ3) is 4.80. The number of aromatic nitrogens is 2. The number of anilines is 1. The normalized spacial score (nSPS) is 16.6. The van der Waals surface area contributed by atoms with Gasteiger partial charge in [-0.1, -0.05) is 24.3 Å². The molecule has 6 nitrogen and oxygen atoms in total. The van der Waals surface area contributed by atoms with Gasteiger partial charge in [0.15, 0.2) is 5.11 Å². The minimum Gasteiger partial charge on any atom is -0.497 e. The molecule has 0 unspecified atom stereocenters. The minimum atomic E-state index is -0.126. The van der Waals surface area contributed by atoms with Crippen LogP contribution in [0, 0.1) is 13.8 Å². The SMILES string of the molecule is COc1ccc(-n2c(C)cc([C@@H]3[C@H](c4ccccn4)NC(=S)N3c3ccc(Oc4ccccc4)cc3)c2C)cc1. The first kappa shape index (κ1) is 25.6. The molecule has 1 aliphatic rings. The van der Waals surface area contributed by atoms with Gasteiger partial charge in [-0.25, -0.2) is 0 Å². The Labute approximate surface area is 239 Å². The van der Waals surface area contributed by atoms with Gasteiger partial charge in [-0.3, -0.25) is 4.98 Å². The van der Waals surface area contributed by atoms with Crippen molar-refractivity contribution in [2.24, 2.45) is 0 Å². The maximum atomic E-state index is 6.04. The van der Waals surface area contributed by atoms with E-state index in [9.17, 15) is 0 Å². The third-order valence-corrected chi connectivity index (χ3v) is 7.63. The van der Waals surface area contributed by atoms with Gasteiger partial charge in [0.05, 0.1) is 24.9 Å². The zero-order valence-corrected chi connectivity index (χ0v) is 23.4. The average molecular weight is 547 g/mol. The number of hydrogen-bond donors (Lipinski definition) is 1. The Balaban J connectivity index is 1.41. The van der Waals surface area contributed by atoms with Crippen LogP contribution in [0.2, 0.25) is 0 Å². The van der Waals surface area contributed by atoms with Gasteiger partial charge in [0.1, 0.15) is 17.2 Å². The van der Waals surface area contributed by atoms with Crippen molar-refractivity contribution in [3.8, 4) is 22.9 Å². The Morgan fingerprint density at radius 2 is 1.43 bits per heavy atom. The second-order valence-electron chi connectivity index (χ2n) is 9.77. The maximum Gasteiger partial charge on any atom is 0.174 e. The average Bonchev–Trinajstić information content (AvgIpc) is 3.49. The van der Waals surface area contributed by atoms with Crippen LogP contribution in [0.5, 0.6) is 17.2 Å². The summed E-state index contributed by atoms with van der Waals surface area (Å²) in [6.07, 6.45) is 1.83. The molecule has 7 heteroatoms. The summed E-state index contributed by atoms with van der Waals surface area (Å²) in [6, 6.07) is 34.0. The largest absolute Gasteiger partial charge is 0.497 e. The molecule has 40 heavy (non-hydrogen) atoms. The van der Waals surface area contributed by atoms with Gasteiger partial charge in [-0.2, -0.15) is 0 Å². The molecule has 5 aromatic rings. The number of rotatable bonds is 7. The number of para-hydroxylation sites is 1. The molecular weight excluding hydrogens is 516 g/mol. The molecule has 0 radical (unpaired) electrons.